The number of nitrogens with zero attached hydrogens (tertiary/aromatic N) is 2. The maximum absolute atomic E-state index is 6.06. The highest BCUT2D eigenvalue weighted by molar-refractivity contribution is 4.94. The van der Waals surface area contributed by atoms with Crippen molar-refractivity contribution in [2.75, 3.05) is 33.2 Å². The highest BCUT2D eigenvalue weighted by Crippen LogP contribution is 2.27. The van der Waals surface area contributed by atoms with E-state index in [0.29, 0.717) is 6.04 Å². The second-order valence-electron chi connectivity index (χ2n) is 5.31. The smallest absolute Gasteiger partial charge is 0.0330 e. The van der Waals surface area contributed by atoms with Crippen LogP contribution in [0.5, 0.6) is 0 Å². The minimum Gasteiger partial charge on any atom is -0.329 e. The van der Waals surface area contributed by atoms with Gasteiger partial charge in [0.05, 0.1) is 0 Å². The van der Waals surface area contributed by atoms with Crippen LogP contribution in [-0.4, -0.2) is 54.6 Å². The Kier molecular flexibility index (Phi) is 5.22. The summed E-state index contributed by atoms with van der Waals surface area (Å²) in [6, 6.07) is 0.656. The molecule has 1 fully saturated rings. The predicted molar refractivity (Wildman–Crippen MR) is 70.6 cm³/mol. The van der Waals surface area contributed by atoms with Crippen molar-refractivity contribution in [1.82, 2.24) is 9.80 Å². The van der Waals surface area contributed by atoms with Gasteiger partial charge < -0.3 is 10.6 Å². The highest BCUT2D eigenvalue weighted by Gasteiger charge is 2.36. The summed E-state index contributed by atoms with van der Waals surface area (Å²) in [5.74, 6) is 0. The lowest BCUT2D eigenvalue weighted by Crippen LogP contribution is -2.61. The van der Waals surface area contributed by atoms with Gasteiger partial charge in [0.25, 0.3) is 0 Å². The van der Waals surface area contributed by atoms with Crippen LogP contribution in [0.3, 0.4) is 0 Å². The molecule has 16 heavy (non-hydrogen) atoms. The molecule has 0 saturated carbocycles. The van der Waals surface area contributed by atoms with Crippen LogP contribution < -0.4 is 5.73 Å². The molecule has 96 valence electrons. The molecular formula is C13H29N3. The number of piperazine rings is 1. The van der Waals surface area contributed by atoms with Crippen LogP contribution >= 0.6 is 0 Å². The van der Waals surface area contributed by atoms with Gasteiger partial charge >= 0.3 is 0 Å². The van der Waals surface area contributed by atoms with Crippen molar-refractivity contribution < 1.29 is 0 Å². The molecule has 2 atom stereocenters. The van der Waals surface area contributed by atoms with Gasteiger partial charge in [-0.2, -0.15) is 0 Å². The van der Waals surface area contributed by atoms with E-state index in [1.54, 1.807) is 0 Å². The molecule has 0 aromatic rings. The molecule has 1 rings (SSSR count). The molecule has 0 radical (unpaired) electrons. The average molecular weight is 227 g/mol. The zero-order chi connectivity index (χ0) is 12.2. The van der Waals surface area contributed by atoms with E-state index in [0.717, 1.165) is 6.54 Å². The van der Waals surface area contributed by atoms with Gasteiger partial charge in [-0.3, -0.25) is 4.90 Å². The average Bonchev–Trinajstić information content (AvgIpc) is 2.30. The molecule has 1 heterocycles. The predicted octanol–water partition coefficient (Wildman–Crippen LogP) is 1.53. The van der Waals surface area contributed by atoms with Gasteiger partial charge in [-0.1, -0.05) is 20.3 Å². The van der Waals surface area contributed by atoms with Crippen molar-refractivity contribution in [3.8, 4) is 0 Å². The molecule has 1 aliphatic heterocycles. The van der Waals surface area contributed by atoms with E-state index in [1.165, 1.54) is 38.9 Å². The van der Waals surface area contributed by atoms with Crippen LogP contribution in [0.4, 0.5) is 0 Å². The van der Waals surface area contributed by atoms with Crippen LogP contribution in [0.15, 0.2) is 0 Å². The third-order valence-electron chi connectivity index (χ3n) is 4.38. The number of hydrogen-bond acceptors (Lipinski definition) is 3. The molecule has 0 aromatic heterocycles. The molecule has 3 heteroatoms. The summed E-state index contributed by atoms with van der Waals surface area (Å²) in [7, 11) is 2.22. The summed E-state index contributed by atoms with van der Waals surface area (Å²) in [5.41, 5.74) is 6.31. The van der Waals surface area contributed by atoms with Crippen LogP contribution in [0, 0.1) is 0 Å². The standard InChI is InChI=1S/C13H29N3/c1-5-7-13(6-2,11-14)16-9-8-15(4)12(3)10-16/h12H,5-11,14H2,1-4H3. The van der Waals surface area contributed by atoms with E-state index in [1.807, 2.05) is 0 Å². The van der Waals surface area contributed by atoms with E-state index in [-0.39, 0.29) is 5.54 Å². The Labute approximate surface area is 101 Å². The van der Waals surface area contributed by atoms with Gasteiger partial charge in [0.1, 0.15) is 0 Å². The fourth-order valence-corrected chi connectivity index (χ4v) is 2.88. The third kappa shape index (κ3) is 2.76. The molecular weight excluding hydrogens is 198 g/mol. The molecule has 0 spiro atoms. The van der Waals surface area contributed by atoms with E-state index in [9.17, 15) is 0 Å². The Morgan fingerprint density at radius 3 is 2.44 bits per heavy atom. The van der Waals surface area contributed by atoms with E-state index in [4.69, 9.17) is 5.73 Å². The minimum atomic E-state index is 0.254. The van der Waals surface area contributed by atoms with Crippen molar-refractivity contribution in [2.45, 2.75) is 51.6 Å². The van der Waals surface area contributed by atoms with Crippen LogP contribution in [0.2, 0.25) is 0 Å². The van der Waals surface area contributed by atoms with Crippen molar-refractivity contribution in [3.63, 3.8) is 0 Å². The molecule has 2 N–H and O–H groups in total. The van der Waals surface area contributed by atoms with Crippen molar-refractivity contribution in [1.29, 1.82) is 0 Å². The molecule has 1 aliphatic rings. The van der Waals surface area contributed by atoms with Crippen LogP contribution in [0.1, 0.15) is 40.0 Å². The SMILES string of the molecule is CCCC(CC)(CN)N1CCN(C)C(C)C1. The molecule has 2 unspecified atom stereocenters. The molecule has 3 nitrogen and oxygen atoms in total. The van der Waals surface area contributed by atoms with Gasteiger partial charge in [0, 0.05) is 37.8 Å². The summed E-state index contributed by atoms with van der Waals surface area (Å²) in [6.45, 7) is 11.2. The number of nitrogens with two attached hydrogens (primary N) is 1. The van der Waals surface area contributed by atoms with E-state index < -0.39 is 0 Å². The first kappa shape index (κ1) is 13.9. The van der Waals surface area contributed by atoms with Crippen molar-refractivity contribution >= 4 is 0 Å². The molecule has 0 aliphatic carbocycles. The quantitative estimate of drug-likeness (QED) is 0.773. The summed E-state index contributed by atoms with van der Waals surface area (Å²) in [4.78, 5) is 5.08. The zero-order valence-corrected chi connectivity index (χ0v) is 11.5. The Morgan fingerprint density at radius 1 is 1.31 bits per heavy atom. The number of hydrogen-bond donors (Lipinski definition) is 1. The lowest BCUT2D eigenvalue weighted by Gasteiger charge is -2.49. The Morgan fingerprint density at radius 2 is 2.00 bits per heavy atom. The number of rotatable bonds is 5. The van der Waals surface area contributed by atoms with E-state index in [2.05, 4.69) is 37.6 Å². The van der Waals surface area contributed by atoms with Gasteiger partial charge in [-0.05, 0) is 26.8 Å². The summed E-state index contributed by atoms with van der Waals surface area (Å²) in [5, 5.41) is 0. The number of likely N-dealkylation sites (N-methyl/N-ethyl adjacent to an activating group) is 1. The Balaban J connectivity index is 2.71. The van der Waals surface area contributed by atoms with Gasteiger partial charge in [-0.25, -0.2) is 0 Å². The van der Waals surface area contributed by atoms with Gasteiger partial charge in [0.15, 0.2) is 0 Å². The topological polar surface area (TPSA) is 32.5 Å². The zero-order valence-electron chi connectivity index (χ0n) is 11.5. The van der Waals surface area contributed by atoms with Crippen molar-refractivity contribution in [3.05, 3.63) is 0 Å². The monoisotopic (exact) mass is 227 g/mol. The summed E-state index contributed by atoms with van der Waals surface area (Å²) in [6.07, 6.45) is 3.63. The van der Waals surface area contributed by atoms with Gasteiger partial charge in [-0.15, -0.1) is 0 Å². The molecule has 0 aromatic carbocycles. The molecule has 1 saturated heterocycles. The normalized spacial score (nSPS) is 27.9. The fraction of sp³-hybridized carbons (Fsp3) is 1.00. The summed E-state index contributed by atoms with van der Waals surface area (Å²) < 4.78 is 0. The van der Waals surface area contributed by atoms with E-state index >= 15 is 0 Å². The first-order valence-corrected chi connectivity index (χ1v) is 6.75. The fourth-order valence-electron chi connectivity index (χ4n) is 2.88. The Hall–Kier alpha value is -0.120. The first-order valence-electron chi connectivity index (χ1n) is 6.75. The lowest BCUT2D eigenvalue weighted by atomic mass is 9.87. The highest BCUT2D eigenvalue weighted by atomic mass is 15.3. The van der Waals surface area contributed by atoms with Crippen LogP contribution in [0.25, 0.3) is 0 Å². The largest absolute Gasteiger partial charge is 0.329 e. The van der Waals surface area contributed by atoms with Crippen LogP contribution in [-0.2, 0) is 0 Å². The maximum Gasteiger partial charge on any atom is 0.0330 e. The lowest BCUT2D eigenvalue weighted by molar-refractivity contribution is 0.0105. The molecule has 0 bridgehead atoms. The summed E-state index contributed by atoms with van der Waals surface area (Å²) >= 11 is 0. The maximum atomic E-state index is 6.06. The second-order valence-corrected chi connectivity index (χ2v) is 5.31. The third-order valence-corrected chi connectivity index (χ3v) is 4.38. The molecule has 0 amide bonds. The minimum absolute atomic E-state index is 0.254. The van der Waals surface area contributed by atoms with Gasteiger partial charge in [0.2, 0.25) is 0 Å². The second kappa shape index (κ2) is 5.99. The van der Waals surface area contributed by atoms with Crippen molar-refractivity contribution in [2.24, 2.45) is 5.73 Å². The first-order chi connectivity index (χ1) is 7.59. The Bertz CT molecular complexity index is 201.